The maximum atomic E-state index is 12.6. The number of carbonyl (C=O) groups is 1. The maximum absolute atomic E-state index is 12.6. The van der Waals surface area contributed by atoms with Gasteiger partial charge in [0, 0.05) is 29.4 Å². The lowest BCUT2D eigenvalue weighted by Crippen LogP contribution is -2.25. The minimum absolute atomic E-state index is 0.0179. The van der Waals surface area contributed by atoms with E-state index in [9.17, 15) is 4.79 Å². The van der Waals surface area contributed by atoms with Crippen LogP contribution in [-0.4, -0.2) is 21.9 Å². The summed E-state index contributed by atoms with van der Waals surface area (Å²) in [6.07, 6.45) is 5.64. The Hall–Kier alpha value is -2.75. The largest absolute Gasteiger partial charge is 0.349 e. The molecule has 0 unspecified atom stereocenters. The molecule has 4 heteroatoms. The smallest absolute Gasteiger partial charge is 0.252 e. The predicted molar refractivity (Wildman–Crippen MR) is 90.2 cm³/mol. The van der Waals surface area contributed by atoms with Gasteiger partial charge >= 0.3 is 0 Å². The fourth-order valence-electron chi connectivity index (χ4n) is 2.68. The van der Waals surface area contributed by atoms with Crippen LogP contribution >= 0.6 is 0 Å². The number of nitrogens with zero attached hydrogens (tertiary/aromatic N) is 2. The summed E-state index contributed by atoms with van der Waals surface area (Å²) in [5.41, 5.74) is 4.32. The molecular formula is C19H17N3O. The number of hydrogen-bond acceptors (Lipinski definition) is 3. The number of amides is 1. The maximum Gasteiger partial charge on any atom is 0.252 e. The second kappa shape index (κ2) is 5.47. The second-order valence-electron chi connectivity index (χ2n) is 6.07. The fraction of sp³-hybridized carbons (Fsp3) is 0.211. The first-order valence-electron chi connectivity index (χ1n) is 7.83. The molecule has 1 N–H and O–H groups in total. The molecule has 1 aliphatic rings. The summed E-state index contributed by atoms with van der Waals surface area (Å²) in [6.45, 7) is 2.02. The fourth-order valence-corrected chi connectivity index (χ4v) is 2.68. The minimum Gasteiger partial charge on any atom is -0.349 e. The van der Waals surface area contributed by atoms with Gasteiger partial charge in [-0.2, -0.15) is 0 Å². The van der Waals surface area contributed by atoms with Crippen molar-refractivity contribution in [3.8, 4) is 11.3 Å². The third-order valence-corrected chi connectivity index (χ3v) is 4.08. The molecule has 2 aromatic heterocycles. The summed E-state index contributed by atoms with van der Waals surface area (Å²) in [4.78, 5) is 21.5. The third-order valence-electron chi connectivity index (χ3n) is 4.08. The normalized spacial score (nSPS) is 14.0. The van der Waals surface area contributed by atoms with Crippen molar-refractivity contribution < 1.29 is 4.79 Å². The molecular weight excluding hydrogens is 286 g/mol. The van der Waals surface area contributed by atoms with Crippen LogP contribution in [0.3, 0.4) is 0 Å². The topological polar surface area (TPSA) is 54.9 Å². The molecule has 0 atom stereocenters. The minimum atomic E-state index is -0.0179. The van der Waals surface area contributed by atoms with Crippen molar-refractivity contribution in [1.29, 1.82) is 0 Å². The second-order valence-corrected chi connectivity index (χ2v) is 6.07. The molecule has 1 saturated carbocycles. The number of fused-ring (bicyclic) bond motifs is 1. The van der Waals surface area contributed by atoms with Crippen LogP contribution < -0.4 is 5.32 Å². The van der Waals surface area contributed by atoms with Gasteiger partial charge in [0.2, 0.25) is 0 Å². The quantitative estimate of drug-likeness (QED) is 0.805. The summed E-state index contributed by atoms with van der Waals surface area (Å²) in [5, 5.41) is 3.98. The Morgan fingerprint density at radius 1 is 1.22 bits per heavy atom. The first-order chi connectivity index (χ1) is 11.2. The highest BCUT2D eigenvalue weighted by molar-refractivity contribution is 6.07. The van der Waals surface area contributed by atoms with Crippen molar-refractivity contribution in [2.75, 3.05) is 0 Å². The third kappa shape index (κ3) is 2.80. The lowest BCUT2D eigenvalue weighted by atomic mass is 10.0. The van der Waals surface area contributed by atoms with Crippen molar-refractivity contribution in [3.63, 3.8) is 0 Å². The van der Waals surface area contributed by atoms with Gasteiger partial charge in [0.1, 0.15) is 0 Å². The highest BCUT2D eigenvalue weighted by atomic mass is 16.1. The molecule has 0 radical (unpaired) electrons. The number of carbonyl (C=O) groups excluding carboxylic acids is 1. The Kier molecular flexibility index (Phi) is 3.30. The number of benzene rings is 1. The number of hydrogen-bond donors (Lipinski definition) is 1. The van der Waals surface area contributed by atoms with E-state index < -0.39 is 0 Å². The Bertz CT molecular complexity index is 886. The lowest BCUT2D eigenvalue weighted by molar-refractivity contribution is 0.0952. The molecule has 0 aliphatic heterocycles. The van der Waals surface area contributed by atoms with Crippen molar-refractivity contribution in [1.82, 2.24) is 15.3 Å². The molecule has 1 amide bonds. The molecule has 4 nitrogen and oxygen atoms in total. The lowest BCUT2D eigenvalue weighted by Gasteiger charge is -2.11. The molecule has 1 aliphatic carbocycles. The van der Waals surface area contributed by atoms with Gasteiger partial charge in [-0.1, -0.05) is 11.6 Å². The zero-order chi connectivity index (χ0) is 15.8. The van der Waals surface area contributed by atoms with Gasteiger partial charge in [-0.3, -0.25) is 9.78 Å². The van der Waals surface area contributed by atoms with Gasteiger partial charge < -0.3 is 5.32 Å². The molecule has 23 heavy (non-hydrogen) atoms. The molecule has 0 saturated heterocycles. The van der Waals surface area contributed by atoms with Gasteiger partial charge in [-0.05, 0) is 50.1 Å². The molecule has 114 valence electrons. The summed E-state index contributed by atoms with van der Waals surface area (Å²) in [6, 6.07) is 12.0. The molecule has 4 rings (SSSR count). The van der Waals surface area contributed by atoms with Crippen molar-refractivity contribution in [2.24, 2.45) is 0 Å². The number of rotatable bonds is 3. The van der Waals surface area contributed by atoms with Gasteiger partial charge in [-0.15, -0.1) is 0 Å². The van der Waals surface area contributed by atoms with E-state index in [1.54, 1.807) is 12.4 Å². The highest BCUT2D eigenvalue weighted by Gasteiger charge is 2.25. The molecule has 0 spiro atoms. The highest BCUT2D eigenvalue weighted by Crippen LogP contribution is 2.26. The van der Waals surface area contributed by atoms with Crippen molar-refractivity contribution >= 4 is 16.8 Å². The molecule has 2 heterocycles. The van der Waals surface area contributed by atoms with E-state index in [-0.39, 0.29) is 5.91 Å². The van der Waals surface area contributed by atoms with Crippen LogP contribution in [0, 0.1) is 6.92 Å². The molecule has 1 aromatic carbocycles. The monoisotopic (exact) mass is 303 g/mol. The van der Waals surface area contributed by atoms with Gasteiger partial charge in [0.25, 0.3) is 5.91 Å². The average molecular weight is 303 g/mol. The van der Waals surface area contributed by atoms with Crippen molar-refractivity contribution in [3.05, 3.63) is 59.9 Å². The van der Waals surface area contributed by atoms with Crippen LogP contribution in [0.1, 0.15) is 28.8 Å². The Morgan fingerprint density at radius 3 is 2.83 bits per heavy atom. The van der Waals surface area contributed by atoms with Gasteiger partial charge in [-0.25, -0.2) is 4.98 Å². The number of aryl methyl sites for hydroxylation is 1. The average Bonchev–Trinajstić information content (AvgIpc) is 3.38. The molecule has 3 aromatic rings. The van der Waals surface area contributed by atoms with Crippen molar-refractivity contribution in [2.45, 2.75) is 25.8 Å². The summed E-state index contributed by atoms with van der Waals surface area (Å²) in [5.74, 6) is -0.0179. The predicted octanol–water partition coefficient (Wildman–Crippen LogP) is 3.50. The Morgan fingerprint density at radius 2 is 2.09 bits per heavy atom. The van der Waals surface area contributed by atoms with Crippen LogP contribution in [0.15, 0.2) is 48.8 Å². The number of aromatic nitrogens is 2. The summed E-state index contributed by atoms with van der Waals surface area (Å²) < 4.78 is 0. The first kappa shape index (κ1) is 13.9. The van der Waals surface area contributed by atoms with E-state index in [0.717, 1.165) is 40.6 Å². The zero-order valence-electron chi connectivity index (χ0n) is 12.9. The zero-order valence-corrected chi connectivity index (χ0v) is 12.9. The van der Waals surface area contributed by atoms with Gasteiger partial charge in [0.15, 0.2) is 0 Å². The Balaban J connectivity index is 1.89. The van der Waals surface area contributed by atoms with Crippen LogP contribution in [0.5, 0.6) is 0 Å². The number of nitrogens with one attached hydrogen (secondary N) is 1. The molecule has 1 fully saturated rings. The number of pyridine rings is 2. The van der Waals surface area contributed by atoms with Gasteiger partial charge in [0.05, 0.1) is 16.8 Å². The molecule has 0 bridgehead atoms. The standard InChI is InChI=1S/C19H17N3O/c1-12-4-7-17-15(9-12)16(19(23)21-14-5-6-14)10-18(22-17)13-3-2-8-20-11-13/h2-4,7-11,14H,5-6H2,1H3,(H,21,23). The Labute approximate surface area is 134 Å². The van der Waals surface area contributed by atoms with Crippen LogP contribution in [0.25, 0.3) is 22.2 Å². The van der Waals surface area contributed by atoms with Crippen LogP contribution in [0.2, 0.25) is 0 Å². The van der Waals surface area contributed by atoms with E-state index in [4.69, 9.17) is 4.98 Å². The summed E-state index contributed by atoms with van der Waals surface area (Å²) >= 11 is 0. The van der Waals surface area contributed by atoms with E-state index in [1.807, 2.05) is 43.3 Å². The van der Waals surface area contributed by atoms with E-state index in [0.29, 0.717) is 11.6 Å². The van der Waals surface area contributed by atoms with Crippen LogP contribution in [0.4, 0.5) is 0 Å². The van der Waals surface area contributed by atoms with E-state index in [1.165, 1.54) is 0 Å². The van der Waals surface area contributed by atoms with E-state index >= 15 is 0 Å². The summed E-state index contributed by atoms with van der Waals surface area (Å²) in [7, 11) is 0. The SMILES string of the molecule is Cc1ccc2nc(-c3cccnc3)cc(C(=O)NC3CC3)c2c1. The first-order valence-corrected chi connectivity index (χ1v) is 7.83. The van der Waals surface area contributed by atoms with Crippen LogP contribution in [-0.2, 0) is 0 Å². The van der Waals surface area contributed by atoms with E-state index in [2.05, 4.69) is 10.3 Å².